The number of carbonyl (C=O) groups is 1. The molecule has 0 aromatic rings. The van der Waals surface area contributed by atoms with Crippen molar-refractivity contribution < 1.29 is 4.79 Å². The van der Waals surface area contributed by atoms with Crippen LogP contribution in [-0.4, -0.2) is 11.9 Å². The van der Waals surface area contributed by atoms with E-state index in [0.29, 0.717) is 17.9 Å². The van der Waals surface area contributed by atoms with Crippen molar-refractivity contribution in [3.63, 3.8) is 0 Å². The van der Waals surface area contributed by atoms with Gasteiger partial charge in [0.25, 0.3) is 0 Å². The van der Waals surface area contributed by atoms with Crippen molar-refractivity contribution in [2.75, 3.05) is 0 Å². The molecule has 0 aliphatic heterocycles. The Labute approximate surface area is 75.7 Å². The molecule has 2 atom stereocenters. The summed E-state index contributed by atoms with van der Waals surface area (Å²) in [5.41, 5.74) is 0. The smallest absolute Gasteiger partial charge is 0.217 e. The second-order valence-electron chi connectivity index (χ2n) is 4.06. The molecule has 0 saturated carbocycles. The molecule has 0 aromatic carbocycles. The molecular weight excluding hydrogens is 150 g/mol. The highest BCUT2D eigenvalue weighted by Crippen LogP contribution is 2.15. The molecule has 0 rings (SSSR count). The van der Waals surface area contributed by atoms with Crippen LogP contribution in [-0.2, 0) is 4.79 Å². The molecule has 12 heavy (non-hydrogen) atoms. The topological polar surface area (TPSA) is 29.1 Å². The Hall–Kier alpha value is -0.530. The molecule has 0 aliphatic rings. The molecule has 0 fully saturated rings. The van der Waals surface area contributed by atoms with Crippen LogP contribution in [0.25, 0.3) is 0 Å². The van der Waals surface area contributed by atoms with Crippen molar-refractivity contribution in [2.45, 2.75) is 47.1 Å². The van der Waals surface area contributed by atoms with Gasteiger partial charge in [-0.05, 0) is 25.2 Å². The molecule has 1 amide bonds. The number of hydrogen-bond donors (Lipinski definition) is 1. The lowest BCUT2D eigenvalue weighted by Gasteiger charge is -2.20. The van der Waals surface area contributed by atoms with Crippen LogP contribution in [0.5, 0.6) is 0 Å². The third kappa shape index (κ3) is 5.16. The van der Waals surface area contributed by atoms with Crippen LogP contribution in [0.2, 0.25) is 0 Å². The first-order valence-corrected chi connectivity index (χ1v) is 4.70. The van der Waals surface area contributed by atoms with Crippen molar-refractivity contribution in [3.05, 3.63) is 0 Å². The van der Waals surface area contributed by atoms with Crippen LogP contribution in [0.15, 0.2) is 0 Å². The maximum Gasteiger partial charge on any atom is 0.217 e. The van der Waals surface area contributed by atoms with Crippen molar-refractivity contribution >= 4 is 5.91 Å². The molecule has 0 bridgehead atoms. The first-order chi connectivity index (χ1) is 5.43. The van der Waals surface area contributed by atoms with E-state index >= 15 is 0 Å². The molecule has 0 heterocycles. The Morgan fingerprint density at radius 2 is 1.75 bits per heavy atom. The normalized spacial score (nSPS) is 15.8. The average molecular weight is 171 g/mol. The molecule has 0 aromatic heterocycles. The summed E-state index contributed by atoms with van der Waals surface area (Å²) in [6, 6.07) is 0.305. The standard InChI is InChI=1S/C10H21NO/c1-7(2)8(3)6-9(4)11-10(5)12/h7-9H,6H2,1-5H3,(H,11,12)/t8-,9?/m1/s1. The van der Waals surface area contributed by atoms with E-state index < -0.39 is 0 Å². The Balaban J connectivity index is 3.68. The Bertz CT molecular complexity index is 143. The Morgan fingerprint density at radius 1 is 1.25 bits per heavy atom. The summed E-state index contributed by atoms with van der Waals surface area (Å²) >= 11 is 0. The summed E-state index contributed by atoms with van der Waals surface area (Å²) < 4.78 is 0. The average Bonchev–Trinajstić information content (AvgIpc) is 1.84. The number of amides is 1. The first kappa shape index (κ1) is 11.5. The second-order valence-corrected chi connectivity index (χ2v) is 4.06. The number of rotatable bonds is 4. The molecule has 0 spiro atoms. The lowest BCUT2D eigenvalue weighted by molar-refractivity contribution is -0.119. The van der Waals surface area contributed by atoms with Gasteiger partial charge in [0.2, 0.25) is 5.91 Å². The highest BCUT2D eigenvalue weighted by Gasteiger charge is 2.11. The van der Waals surface area contributed by atoms with E-state index in [9.17, 15) is 4.79 Å². The van der Waals surface area contributed by atoms with E-state index in [1.807, 2.05) is 0 Å². The van der Waals surface area contributed by atoms with Gasteiger partial charge in [-0.2, -0.15) is 0 Å². The molecule has 72 valence electrons. The largest absolute Gasteiger partial charge is 0.354 e. The van der Waals surface area contributed by atoms with Gasteiger partial charge in [0.05, 0.1) is 0 Å². The summed E-state index contributed by atoms with van der Waals surface area (Å²) in [7, 11) is 0. The third-order valence-electron chi connectivity index (χ3n) is 2.31. The number of nitrogens with one attached hydrogen (secondary N) is 1. The van der Waals surface area contributed by atoms with Crippen molar-refractivity contribution in [2.24, 2.45) is 11.8 Å². The van der Waals surface area contributed by atoms with Crippen LogP contribution in [0, 0.1) is 11.8 Å². The molecule has 0 aliphatic carbocycles. The summed E-state index contributed by atoms with van der Waals surface area (Å²) in [5.74, 6) is 1.44. The van der Waals surface area contributed by atoms with Crippen molar-refractivity contribution in [3.8, 4) is 0 Å². The Kier molecular flexibility index (Phi) is 4.95. The molecule has 1 N–H and O–H groups in total. The van der Waals surface area contributed by atoms with Gasteiger partial charge in [-0.15, -0.1) is 0 Å². The van der Waals surface area contributed by atoms with E-state index in [0.717, 1.165) is 6.42 Å². The SMILES string of the molecule is CC(=O)NC(C)C[C@@H](C)C(C)C. The Morgan fingerprint density at radius 3 is 2.08 bits per heavy atom. The van der Waals surface area contributed by atoms with Crippen LogP contribution < -0.4 is 5.32 Å². The van der Waals surface area contributed by atoms with Gasteiger partial charge in [-0.3, -0.25) is 4.79 Å². The number of hydrogen-bond acceptors (Lipinski definition) is 1. The molecule has 0 saturated heterocycles. The molecule has 2 nitrogen and oxygen atoms in total. The van der Waals surface area contributed by atoms with Crippen LogP contribution in [0.1, 0.15) is 41.0 Å². The zero-order valence-corrected chi connectivity index (χ0v) is 8.85. The fraction of sp³-hybridized carbons (Fsp3) is 0.900. The van der Waals surface area contributed by atoms with Crippen LogP contribution >= 0.6 is 0 Å². The van der Waals surface area contributed by atoms with E-state index in [1.54, 1.807) is 6.92 Å². The number of carbonyl (C=O) groups excluding carboxylic acids is 1. The van der Waals surface area contributed by atoms with Crippen molar-refractivity contribution in [1.29, 1.82) is 0 Å². The van der Waals surface area contributed by atoms with Gasteiger partial charge < -0.3 is 5.32 Å². The molecular formula is C10H21NO. The van der Waals surface area contributed by atoms with Gasteiger partial charge >= 0.3 is 0 Å². The molecule has 0 radical (unpaired) electrons. The third-order valence-corrected chi connectivity index (χ3v) is 2.31. The quantitative estimate of drug-likeness (QED) is 0.690. The van der Waals surface area contributed by atoms with Gasteiger partial charge in [-0.1, -0.05) is 20.8 Å². The summed E-state index contributed by atoms with van der Waals surface area (Å²) in [6.07, 6.45) is 1.07. The minimum Gasteiger partial charge on any atom is -0.354 e. The lowest BCUT2D eigenvalue weighted by Crippen LogP contribution is -2.32. The molecule has 2 heteroatoms. The minimum atomic E-state index is 0.0680. The lowest BCUT2D eigenvalue weighted by atomic mass is 9.92. The highest BCUT2D eigenvalue weighted by atomic mass is 16.1. The van der Waals surface area contributed by atoms with Gasteiger partial charge in [0, 0.05) is 13.0 Å². The minimum absolute atomic E-state index is 0.0680. The monoisotopic (exact) mass is 171 g/mol. The van der Waals surface area contributed by atoms with Crippen LogP contribution in [0.3, 0.4) is 0 Å². The van der Waals surface area contributed by atoms with E-state index in [4.69, 9.17) is 0 Å². The summed E-state index contributed by atoms with van der Waals surface area (Å²) in [6.45, 7) is 10.3. The predicted octanol–water partition coefficient (Wildman–Crippen LogP) is 2.19. The van der Waals surface area contributed by atoms with Gasteiger partial charge in [0.15, 0.2) is 0 Å². The second kappa shape index (κ2) is 5.18. The maximum atomic E-state index is 10.7. The summed E-state index contributed by atoms with van der Waals surface area (Å²) in [5, 5.41) is 2.89. The highest BCUT2D eigenvalue weighted by molar-refractivity contribution is 5.73. The van der Waals surface area contributed by atoms with Crippen molar-refractivity contribution in [1.82, 2.24) is 5.32 Å². The van der Waals surface area contributed by atoms with E-state index in [-0.39, 0.29) is 5.91 Å². The summed E-state index contributed by atoms with van der Waals surface area (Å²) in [4.78, 5) is 10.7. The zero-order chi connectivity index (χ0) is 9.72. The van der Waals surface area contributed by atoms with Gasteiger partial charge in [0.1, 0.15) is 0 Å². The first-order valence-electron chi connectivity index (χ1n) is 4.70. The van der Waals surface area contributed by atoms with Crippen LogP contribution in [0.4, 0.5) is 0 Å². The maximum absolute atomic E-state index is 10.7. The van der Waals surface area contributed by atoms with Gasteiger partial charge in [-0.25, -0.2) is 0 Å². The van der Waals surface area contributed by atoms with E-state index in [1.165, 1.54) is 0 Å². The van der Waals surface area contributed by atoms with E-state index in [2.05, 4.69) is 33.0 Å². The molecule has 1 unspecified atom stereocenters. The zero-order valence-electron chi connectivity index (χ0n) is 8.85. The fourth-order valence-corrected chi connectivity index (χ4v) is 1.24. The predicted molar refractivity (Wildman–Crippen MR) is 51.9 cm³/mol. The fourth-order valence-electron chi connectivity index (χ4n) is 1.24.